The van der Waals surface area contributed by atoms with Gasteiger partial charge in [-0.15, -0.1) is 0 Å². The highest BCUT2D eigenvalue weighted by molar-refractivity contribution is 6.40. The Morgan fingerprint density at radius 1 is 0.907 bits per heavy atom. The second-order valence-corrected chi connectivity index (χ2v) is 11.3. The zero-order chi connectivity index (χ0) is 30.5. The van der Waals surface area contributed by atoms with Crippen LogP contribution >= 0.6 is 23.2 Å². The van der Waals surface area contributed by atoms with Gasteiger partial charge >= 0.3 is 5.97 Å². The highest BCUT2D eigenvalue weighted by Gasteiger charge is 2.29. The number of halogens is 2. The van der Waals surface area contributed by atoms with Crippen molar-refractivity contribution < 1.29 is 14.7 Å². The number of nitrogens with one attached hydrogen (secondary N) is 3. The fraction of sp³-hybridized carbons (Fsp3) is 0.258. The summed E-state index contributed by atoms with van der Waals surface area (Å²) in [6.07, 6.45) is 4.24. The van der Waals surface area contributed by atoms with Gasteiger partial charge in [0.2, 0.25) is 0 Å². The quantitative estimate of drug-likeness (QED) is 0.179. The maximum absolute atomic E-state index is 12.6. The second-order valence-electron chi connectivity index (χ2n) is 10.5. The predicted octanol–water partition coefficient (Wildman–Crippen LogP) is 4.42. The lowest BCUT2D eigenvalue weighted by molar-refractivity contribution is -0.137. The van der Waals surface area contributed by atoms with Gasteiger partial charge < -0.3 is 21.1 Å². The molecule has 3 aromatic carbocycles. The molecule has 1 aromatic heterocycles. The van der Waals surface area contributed by atoms with Crippen LogP contribution in [-0.4, -0.2) is 52.0 Å². The van der Waals surface area contributed by atoms with E-state index in [1.54, 1.807) is 24.3 Å². The van der Waals surface area contributed by atoms with Crippen LogP contribution in [0.2, 0.25) is 10.0 Å². The predicted molar refractivity (Wildman–Crippen MR) is 167 cm³/mol. The smallest absolute Gasteiger partial charge is 0.326 e. The number of carboxylic acids is 1. The monoisotopic (exact) mass is 621 g/mol. The molecule has 4 N–H and O–H groups in total. The van der Waals surface area contributed by atoms with E-state index in [2.05, 4.69) is 38.0 Å². The number of anilines is 3. The van der Waals surface area contributed by atoms with E-state index >= 15 is 0 Å². The van der Waals surface area contributed by atoms with Crippen molar-refractivity contribution in [2.24, 2.45) is 0 Å². The summed E-state index contributed by atoms with van der Waals surface area (Å²) in [7, 11) is 0. The molecule has 1 aliphatic rings. The van der Waals surface area contributed by atoms with E-state index in [4.69, 9.17) is 23.2 Å². The summed E-state index contributed by atoms with van der Waals surface area (Å²) in [4.78, 5) is 55.7. The van der Waals surface area contributed by atoms with Gasteiger partial charge in [0, 0.05) is 50.2 Å². The number of piperidine rings is 1. The number of aromatic nitrogens is 1. The van der Waals surface area contributed by atoms with Crippen molar-refractivity contribution in [2.45, 2.75) is 37.9 Å². The van der Waals surface area contributed by atoms with Crippen molar-refractivity contribution in [3.63, 3.8) is 0 Å². The molecule has 0 radical (unpaired) electrons. The largest absolute Gasteiger partial charge is 0.480 e. The number of amides is 1. The summed E-state index contributed by atoms with van der Waals surface area (Å²) >= 11 is 12.1. The molecule has 10 nitrogen and oxygen atoms in total. The highest BCUT2D eigenvalue weighted by Crippen LogP contribution is 2.25. The van der Waals surface area contributed by atoms with Crippen LogP contribution in [0.3, 0.4) is 0 Å². The zero-order valence-electron chi connectivity index (χ0n) is 23.0. The molecular weight excluding hydrogens is 593 g/mol. The fourth-order valence-corrected chi connectivity index (χ4v) is 5.64. The van der Waals surface area contributed by atoms with Crippen LogP contribution in [0.5, 0.6) is 0 Å². The zero-order valence-corrected chi connectivity index (χ0v) is 24.5. The Labute approximate surface area is 257 Å². The summed E-state index contributed by atoms with van der Waals surface area (Å²) in [5, 5.41) is 18.7. The van der Waals surface area contributed by atoms with E-state index in [1.807, 2.05) is 18.2 Å². The molecule has 0 aliphatic carbocycles. The molecule has 1 amide bonds. The second kappa shape index (κ2) is 13.4. The maximum atomic E-state index is 12.6. The number of benzene rings is 2. The Balaban J connectivity index is 1.18. The van der Waals surface area contributed by atoms with Crippen LogP contribution in [0, 0.1) is 0 Å². The minimum atomic E-state index is -1.17. The Morgan fingerprint density at radius 2 is 1.53 bits per heavy atom. The topological polar surface area (TPSA) is 141 Å². The number of pyridine rings is 1. The normalized spacial score (nSPS) is 14.7. The van der Waals surface area contributed by atoms with Gasteiger partial charge in [-0.1, -0.05) is 65.7 Å². The molecule has 1 fully saturated rings. The molecule has 222 valence electrons. The van der Waals surface area contributed by atoms with Crippen LogP contribution < -0.4 is 26.8 Å². The lowest BCUT2D eigenvalue weighted by Gasteiger charge is -2.33. The van der Waals surface area contributed by atoms with Crippen molar-refractivity contribution in [1.82, 2.24) is 9.88 Å². The molecule has 0 saturated carbocycles. The first-order chi connectivity index (χ1) is 20.7. The number of carbonyl (C=O) groups excluding carboxylic acids is 1. The van der Waals surface area contributed by atoms with Gasteiger partial charge in [0.15, 0.2) is 0 Å². The number of hydrogen-bond acceptors (Lipinski definition) is 8. The molecule has 5 rings (SSSR count). The summed E-state index contributed by atoms with van der Waals surface area (Å²) in [6.45, 7) is 2.52. The van der Waals surface area contributed by atoms with E-state index < -0.39 is 28.8 Å². The van der Waals surface area contributed by atoms with Gasteiger partial charge in [-0.2, -0.15) is 0 Å². The minimum Gasteiger partial charge on any atom is -0.480 e. The Hall–Kier alpha value is -4.25. The van der Waals surface area contributed by atoms with Crippen LogP contribution in [0.1, 0.15) is 34.3 Å². The molecule has 0 unspecified atom stereocenters. The molecule has 12 heteroatoms. The first-order valence-electron chi connectivity index (χ1n) is 13.7. The summed E-state index contributed by atoms with van der Waals surface area (Å²) < 4.78 is 0. The third-order valence-electron chi connectivity index (χ3n) is 7.44. The molecule has 0 spiro atoms. The number of nitrogens with zero attached hydrogens (tertiary/aromatic N) is 2. The fourth-order valence-electron chi connectivity index (χ4n) is 5.10. The van der Waals surface area contributed by atoms with Gasteiger partial charge in [-0.3, -0.25) is 24.3 Å². The van der Waals surface area contributed by atoms with Crippen molar-refractivity contribution in [1.29, 1.82) is 0 Å². The van der Waals surface area contributed by atoms with Crippen molar-refractivity contribution in [3.05, 3.63) is 114 Å². The average molecular weight is 623 g/mol. The van der Waals surface area contributed by atoms with Crippen molar-refractivity contribution in [2.75, 3.05) is 29.0 Å². The lowest BCUT2D eigenvalue weighted by Crippen LogP contribution is -2.45. The number of carboxylic acid groups (broad SMARTS) is 1. The summed E-state index contributed by atoms with van der Waals surface area (Å²) in [5.41, 5.74) is 1.17. The molecule has 0 bridgehead atoms. The lowest BCUT2D eigenvalue weighted by atomic mass is 10.0. The Kier molecular flexibility index (Phi) is 9.40. The van der Waals surface area contributed by atoms with Gasteiger partial charge in [0.25, 0.3) is 16.8 Å². The van der Waals surface area contributed by atoms with Gasteiger partial charge in [-0.05, 0) is 36.1 Å². The first kappa shape index (κ1) is 30.2. The average Bonchev–Trinajstić information content (AvgIpc) is 3.00. The third kappa shape index (κ3) is 7.22. The summed E-state index contributed by atoms with van der Waals surface area (Å²) in [5.74, 6) is -1.69. The Morgan fingerprint density at radius 3 is 2.16 bits per heavy atom. The molecule has 43 heavy (non-hydrogen) atoms. The van der Waals surface area contributed by atoms with Crippen molar-refractivity contribution >= 4 is 52.1 Å². The standard InChI is InChI=1S/C31H29Cl2N5O5/c32-22-15-34-16-23(33)25(22)30(41)36-20-8-6-18(7-9-20)14-24(31(42)43)37-27-26(28(39)29(27)40)35-21-10-12-38(13-11-21)17-19-4-2-1-3-5-19/h1-9,15-16,21,24,35,37H,10-14,17H2,(H,36,41)(H,42,43)/t24-/m0/s1. The van der Waals surface area contributed by atoms with Crippen LogP contribution in [0.4, 0.5) is 17.1 Å². The molecule has 4 aromatic rings. The van der Waals surface area contributed by atoms with E-state index in [0.29, 0.717) is 11.3 Å². The molecule has 1 atom stereocenters. The molecule has 1 aliphatic heterocycles. The number of hydrogen-bond donors (Lipinski definition) is 4. The van der Waals surface area contributed by atoms with Crippen LogP contribution in [0.15, 0.2) is 76.6 Å². The van der Waals surface area contributed by atoms with Crippen LogP contribution in [-0.2, 0) is 17.8 Å². The van der Waals surface area contributed by atoms with Gasteiger partial charge in [-0.25, -0.2) is 4.79 Å². The van der Waals surface area contributed by atoms with Crippen LogP contribution in [0.25, 0.3) is 0 Å². The minimum absolute atomic E-state index is 0.000827. The number of likely N-dealkylation sites (tertiary alicyclic amines) is 1. The summed E-state index contributed by atoms with van der Waals surface area (Å²) in [6, 6.07) is 15.6. The maximum Gasteiger partial charge on any atom is 0.326 e. The number of rotatable bonds is 11. The molecular formula is C31H29Cl2N5O5. The Bertz CT molecular complexity index is 1660. The van der Waals surface area contributed by atoms with Gasteiger partial charge in [0.05, 0.1) is 15.6 Å². The van der Waals surface area contributed by atoms with E-state index in [-0.39, 0.29) is 39.4 Å². The number of carbonyl (C=O) groups is 2. The number of aliphatic carboxylic acids is 1. The third-order valence-corrected chi connectivity index (χ3v) is 8.02. The van der Waals surface area contributed by atoms with Gasteiger partial charge in [0.1, 0.15) is 17.4 Å². The first-order valence-corrected chi connectivity index (χ1v) is 14.5. The molecule has 1 saturated heterocycles. The SMILES string of the molecule is O=C(Nc1ccc(C[C@H](Nc2c(NC3CCN(Cc4ccccc4)CC3)c(=O)c2=O)C(=O)O)cc1)c1c(Cl)cncc1Cl. The highest BCUT2D eigenvalue weighted by atomic mass is 35.5. The van der Waals surface area contributed by atoms with Crippen molar-refractivity contribution in [3.8, 4) is 0 Å². The molecule has 2 heterocycles. The van der Waals surface area contributed by atoms with E-state index in [0.717, 1.165) is 32.5 Å². The van der Waals surface area contributed by atoms with E-state index in [9.17, 15) is 24.3 Å². The van der Waals surface area contributed by atoms with E-state index in [1.165, 1.54) is 18.0 Å².